The Kier molecular flexibility index (Phi) is 5.12. The van der Waals surface area contributed by atoms with Crippen molar-refractivity contribution in [2.45, 2.75) is 31.4 Å². The van der Waals surface area contributed by atoms with E-state index in [4.69, 9.17) is 4.55 Å². The SMILES string of the molecule is CCCC(S)CCS(=O)(=O)O. The molecule has 0 rings (SSSR count). The van der Waals surface area contributed by atoms with Crippen LogP contribution in [0.15, 0.2) is 0 Å². The molecule has 0 aliphatic carbocycles. The Balaban J connectivity index is 3.54. The molecule has 0 aromatic rings. The van der Waals surface area contributed by atoms with Crippen LogP contribution in [0.3, 0.4) is 0 Å². The van der Waals surface area contributed by atoms with Gasteiger partial charge in [0.05, 0.1) is 5.75 Å². The van der Waals surface area contributed by atoms with Crippen molar-refractivity contribution in [2.75, 3.05) is 5.75 Å². The van der Waals surface area contributed by atoms with Crippen LogP contribution in [0.25, 0.3) is 0 Å². The van der Waals surface area contributed by atoms with Crippen LogP contribution in [0.2, 0.25) is 0 Å². The van der Waals surface area contributed by atoms with Crippen LogP contribution in [0.4, 0.5) is 0 Å². The summed E-state index contributed by atoms with van der Waals surface area (Å²) in [5, 5.41) is 0.0851. The molecule has 0 heterocycles. The zero-order chi connectivity index (χ0) is 8.91. The highest BCUT2D eigenvalue weighted by atomic mass is 32.2. The molecule has 0 radical (unpaired) electrons. The third kappa shape index (κ3) is 8.16. The zero-order valence-corrected chi connectivity index (χ0v) is 8.24. The summed E-state index contributed by atoms with van der Waals surface area (Å²) < 4.78 is 28.9. The van der Waals surface area contributed by atoms with E-state index in [-0.39, 0.29) is 11.0 Å². The van der Waals surface area contributed by atoms with Crippen LogP contribution in [0, 0.1) is 0 Å². The molecule has 0 spiro atoms. The summed E-state index contributed by atoms with van der Waals surface area (Å²) in [5.74, 6) is -0.179. The molecule has 0 saturated heterocycles. The van der Waals surface area contributed by atoms with Gasteiger partial charge in [-0.25, -0.2) is 0 Å². The highest BCUT2D eigenvalue weighted by molar-refractivity contribution is 7.85. The quantitative estimate of drug-likeness (QED) is 0.518. The molecule has 0 saturated carbocycles. The fourth-order valence-corrected chi connectivity index (χ4v) is 1.91. The average Bonchev–Trinajstić information content (AvgIpc) is 1.83. The highest BCUT2D eigenvalue weighted by Gasteiger charge is 2.08. The first-order valence-corrected chi connectivity index (χ1v) is 5.71. The highest BCUT2D eigenvalue weighted by Crippen LogP contribution is 2.09. The average molecular weight is 198 g/mol. The van der Waals surface area contributed by atoms with Gasteiger partial charge in [-0.1, -0.05) is 13.3 Å². The molecule has 0 fully saturated rings. The fraction of sp³-hybridized carbons (Fsp3) is 1.00. The van der Waals surface area contributed by atoms with Crippen molar-refractivity contribution >= 4 is 22.7 Å². The fourth-order valence-electron chi connectivity index (χ4n) is 0.763. The maximum atomic E-state index is 10.3. The molecule has 11 heavy (non-hydrogen) atoms. The summed E-state index contributed by atoms with van der Waals surface area (Å²) in [7, 11) is -3.79. The Morgan fingerprint density at radius 2 is 2.00 bits per heavy atom. The normalized spacial score (nSPS) is 14.8. The molecule has 3 nitrogen and oxygen atoms in total. The summed E-state index contributed by atoms with van der Waals surface area (Å²) in [6.45, 7) is 2.01. The van der Waals surface area contributed by atoms with E-state index in [0.29, 0.717) is 6.42 Å². The molecule has 0 bridgehead atoms. The molecule has 68 valence electrons. The van der Waals surface area contributed by atoms with Crippen molar-refractivity contribution in [1.29, 1.82) is 0 Å². The van der Waals surface area contributed by atoms with Gasteiger partial charge in [-0.15, -0.1) is 0 Å². The lowest BCUT2D eigenvalue weighted by Crippen LogP contribution is -2.09. The molecular weight excluding hydrogens is 184 g/mol. The standard InChI is InChI=1S/C6H14O3S2/c1-2-3-6(10)4-5-11(7,8)9/h6,10H,2-5H2,1H3,(H,7,8,9). The summed E-state index contributed by atoms with van der Waals surface area (Å²) in [6, 6.07) is 0. The van der Waals surface area contributed by atoms with Gasteiger partial charge in [0.25, 0.3) is 10.1 Å². The molecule has 1 unspecified atom stereocenters. The molecule has 0 aliphatic heterocycles. The van der Waals surface area contributed by atoms with Crippen LogP contribution in [-0.2, 0) is 10.1 Å². The van der Waals surface area contributed by atoms with Crippen molar-refractivity contribution in [2.24, 2.45) is 0 Å². The van der Waals surface area contributed by atoms with E-state index in [0.717, 1.165) is 12.8 Å². The van der Waals surface area contributed by atoms with Crippen molar-refractivity contribution in [3.05, 3.63) is 0 Å². The number of rotatable bonds is 5. The number of hydrogen-bond acceptors (Lipinski definition) is 3. The molecule has 1 N–H and O–H groups in total. The monoisotopic (exact) mass is 198 g/mol. The van der Waals surface area contributed by atoms with E-state index in [1.165, 1.54) is 0 Å². The Morgan fingerprint density at radius 3 is 2.36 bits per heavy atom. The molecule has 0 aromatic heterocycles. The maximum absolute atomic E-state index is 10.3. The van der Waals surface area contributed by atoms with Gasteiger partial charge in [-0.05, 0) is 12.8 Å². The van der Waals surface area contributed by atoms with Gasteiger partial charge < -0.3 is 0 Å². The van der Waals surface area contributed by atoms with E-state index in [1.807, 2.05) is 6.92 Å². The van der Waals surface area contributed by atoms with Crippen molar-refractivity contribution < 1.29 is 13.0 Å². The first kappa shape index (κ1) is 11.3. The summed E-state index contributed by atoms with van der Waals surface area (Å²) in [6.07, 6.45) is 2.30. The van der Waals surface area contributed by atoms with Gasteiger partial charge in [0.1, 0.15) is 0 Å². The Labute approximate surface area is 73.3 Å². The van der Waals surface area contributed by atoms with Gasteiger partial charge in [-0.2, -0.15) is 21.0 Å². The lowest BCUT2D eigenvalue weighted by atomic mass is 10.2. The van der Waals surface area contributed by atoms with Crippen LogP contribution in [-0.4, -0.2) is 24.0 Å². The first-order chi connectivity index (χ1) is 4.95. The van der Waals surface area contributed by atoms with Crippen LogP contribution in [0.1, 0.15) is 26.2 Å². The van der Waals surface area contributed by atoms with Crippen molar-refractivity contribution in [3.8, 4) is 0 Å². The summed E-state index contributed by atoms with van der Waals surface area (Å²) in [5.41, 5.74) is 0. The van der Waals surface area contributed by atoms with Crippen LogP contribution in [0.5, 0.6) is 0 Å². The molecule has 0 aromatic carbocycles. The molecular formula is C6H14O3S2. The minimum Gasteiger partial charge on any atom is -0.286 e. The second-order valence-corrected chi connectivity index (χ2v) is 4.82. The van der Waals surface area contributed by atoms with Gasteiger partial charge in [0.2, 0.25) is 0 Å². The smallest absolute Gasteiger partial charge is 0.264 e. The first-order valence-electron chi connectivity index (χ1n) is 3.59. The van der Waals surface area contributed by atoms with Crippen LogP contribution >= 0.6 is 12.6 Å². The lowest BCUT2D eigenvalue weighted by Gasteiger charge is -2.06. The minimum atomic E-state index is -3.79. The van der Waals surface area contributed by atoms with E-state index in [2.05, 4.69) is 12.6 Å². The van der Waals surface area contributed by atoms with Gasteiger partial charge in [0.15, 0.2) is 0 Å². The van der Waals surface area contributed by atoms with Crippen molar-refractivity contribution in [1.82, 2.24) is 0 Å². The van der Waals surface area contributed by atoms with E-state index < -0.39 is 10.1 Å². The zero-order valence-electron chi connectivity index (χ0n) is 6.52. The molecule has 0 aliphatic rings. The van der Waals surface area contributed by atoms with Crippen molar-refractivity contribution in [3.63, 3.8) is 0 Å². The molecule has 1 atom stereocenters. The maximum Gasteiger partial charge on any atom is 0.264 e. The molecule has 5 heteroatoms. The van der Waals surface area contributed by atoms with E-state index in [1.54, 1.807) is 0 Å². The Bertz CT molecular complexity index is 186. The van der Waals surface area contributed by atoms with Crippen LogP contribution < -0.4 is 0 Å². The second kappa shape index (κ2) is 5.00. The Morgan fingerprint density at radius 1 is 1.45 bits per heavy atom. The molecule has 0 amide bonds. The minimum absolute atomic E-state index is 0.0851. The largest absolute Gasteiger partial charge is 0.286 e. The predicted molar refractivity (Wildman–Crippen MR) is 48.7 cm³/mol. The Hall–Kier alpha value is 0.260. The van der Waals surface area contributed by atoms with Gasteiger partial charge in [0, 0.05) is 5.25 Å². The number of hydrogen-bond donors (Lipinski definition) is 2. The third-order valence-electron chi connectivity index (χ3n) is 1.33. The second-order valence-electron chi connectivity index (χ2n) is 2.52. The van der Waals surface area contributed by atoms with E-state index >= 15 is 0 Å². The summed E-state index contributed by atoms with van der Waals surface area (Å²) >= 11 is 4.15. The van der Waals surface area contributed by atoms with E-state index in [9.17, 15) is 8.42 Å². The van der Waals surface area contributed by atoms with Gasteiger partial charge in [-0.3, -0.25) is 4.55 Å². The predicted octanol–water partition coefficient (Wildman–Crippen LogP) is 1.36. The third-order valence-corrected chi connectivity index (χ3v) is 2.60. The number of thiol groups is 1. The lowest BCUT2D eigenvalue weighted by molar-refractivity contribution is 0.480. The summed E-state index contributed by atoms with van der Waals surface area (Å²) in [4.78, 5) is 0. The van der Waals surface area contributed by atoms with Gasteiger partial charge >= 0.3 is 0 Å². The topological polar surface area (TPSA) is 54.4 Å².